The normalized spacial score (nSPS) is 17.5. The lowest BCUT2D eigenvalue weighted by atomic mass is 10.1. The number of para-hydroxylation sites is 1. The van der Waals surface area contributed by atoms with Gasteiger partial charge >= 0.3 is 0 Å². The zero-order valence-electron chi connectivity index (χ0n) is 15.4. The largest absolute Gasteiger partial charge is 0.338 e. The van der Waals surface area contributed by atoms with Crippen LogP contribution in [-0.2, 0) is 0 Å². The molecule has 0 saturated carbocycles. The third-order valence-corrected chi connectivity index (χ3v) is 6.37. The Morgan fingerprint density at radius 2 is 1.74 bits per heavy atom. The smallest absolute Gasteiger partial charge is 0.257 e. The SMILES string of the molecule is Cc1c(C(=O)N2CCSC(c3ccccc3)CC2)cnn1-c1ccccc1. The molecule has 1 saturated heterocycles. The van der Waals surface area contributed by atoms with Crippen LogP contribution in [0, 0.1) is 6.92 Å². The van der Waals surface area contributed by atoms with Crippen LogP contribution in [0.5, 0.6) is 0 Å². The molecule has 1 aliphatic heterocycles. The molecule has 5 heteroatoms. The molecule has 0 bridgehead atoms. The predicted octanol–water partition coefficient (Wildman–Crippen LogP) is 4.50. The molecule has 1 unspecified atom stereocenters. The molecular formula is C22H23N3OS. The molecule has 0 aliphatic carbocycles. The van der Waals surface area contributed by atoms with E-state index in [1.165, 1.54) is 5.56 Å². The van der Waals surface area contributed by atoms with E-state index in [0.29, 0.717) is 10.8 Å². The Morgan fingerprint density at radius 1 is 1.04 bits per heavy atom. The Hall–Kier alpha value is -2.53. The van der Waals surface area contributed by atoms with Crippen molar-refractivity contribution in [3.05, 3.63) is 83.7 Å². The highest BCUT2D eigenvalue weighted by atomic mass is 32.2. The first-order chi connectivity index (χ1) is 13.2. The Labute approximate surface area is 164 Å². The van der Waals surface area contributed by atoms with Gasteiger partial charge in [-0.05, 0) is 31.0 Å². The predicted molar refractivity (Wildman–Crippen MR) is 110 cm³/mol. The van der Waals surface area contributed by atoms with Crippen molar-refractivity contribution in [2.24, 2.45) is 0 Å². The molecule has 4 rings (SSSR count). The maximum absolute atomic E-state index is 13.1. The molecule has 2 heterocycles. The van der Waals surface area contributed by atoms with Gasteiger partial charge in [-0.25, -0.2) is 4.68 Å². The van der Waals surface area contributed by atoms with Crippen LogP contribution in [0.3, 0.4) is 0 Å². The number of benzene rings is 2. The average Bonchev–Trinajstić information content (AvgIpc) is 2.94. The lowest BCUT2D eigenvalue weighted by molar-refractivity contribution is 0.0766. The van der Waals surface area contributed by atoms with Crippen molar-refractivity contribution in [3.8, 4) is 5.69 Å². The van der Waals surface area contributed by atoms with Crippen molar-refractivity contribution in [1.29, 1.82) is 0 Å². The minimum absolute atomic E-state index is 0.0870. The molecule has 4 nitrogen and oxygen atoms in total. The average molecular weight is 378 g/mol. The van der Waals surface area contributed by atoms with Crippen molar-refractivity contribution in [2.45, 2.75) is 18.6 Å². The van der Waals surface area contributed by atoms with Gasteiger partial charge in [0, 0.05) is 24.1 Å². The topological polar surface area (TPSA) is 38.1 Å². The Kier molecular flexibility index (Phi) is 5.30. The van der Waals surface area contributed by atoms with E-state index in [4.69, 9.17) is 0 Å². The molecule has 1 atom stereocenters. The molecule has 1 aliphatic rings. The molecule has 2 aromatic carbocycles. The van der Waals surface area contributed by atoms with E-state index in [9.17, 15) is 4.79 Å². The first kappa shape index (κ1) is 17.9. The summed E-state index contributed by atoms with van der Waals surface area (Å²) in [5.41, 5.74) is 3.92. The summed E-state index contributed by atoms with van der Waals surface area (Å²) in [6, 6.07) is 20.5. The van der Waals surface area contributed by atoms with Crippen LogP contribution in [-0.4, -0.2) is 39.4 Å². The summed E-state index contributed by atoms with van der Waals surface area (Å²) in [6.45, 7) is 3.52. The standard InChI is InChI=1S/C22H23N3OS/c1-17-20(16-23-25(17)19-10-6-3-7-11-19)22(26)24-13-12-21(27-15-14-24)18-8-4-2-5-9-18/h2-11,16,21H,12-15H2,1H3. The van der Waals surface area contributed by atoms with Gasteiger partial charge in [-0.3, -0.25) is 4.79 Å². The number of thioether (sulfide) groups is 1. The van der Waals surface area contributed by atoms with E-state index in [-0.39, 0.29) is 5.91 Å². The van der Waals surface area contributed by atoms with E-state index in [0.717, 1.165) is 36.6 Å². The lowest BCUT2D eigenvalue weighted by Gasteiger charge is -2.20. The van der Waals surface area contributed by atoms with Gasteiger partial charge in [0.05, 0.1) is 23.1 Å². The van der Waals surface area contributed by atoms with Crippen molar-refractivity contribution in [2.75, 3.05) is 18.8 Å². The summed E-state index contributed by atoms with van der Waals surface area (Å²) < 4.78 is 1.84. The molecular weight excluding hydrogens is 354 g/mol. The van der Waals surface area contributed by atoms with Crippen molar-refractivity contribution < 1.29 is 4.79 Å². The fourth-order valence-corrected chi connectivity index (χ4v) is 4.76. The fraction of sp³-hybridized carbons (Fsp3) is 0.273. The summed E-state index contributed by atoms with van der Waals surface area (Å²) in [5, 5.41) is 4.91. The highest BCUT2D eigenvalue weighted by Crippen LogP contribution is 2.34. The number of carbonyl (C=O) groups excluding carboxylic acids is 1. The van der Waals surface area contributed by atoms with Gasteiger partial charge in [-0.2, -0.15) is 16.9 Å². The van der Waals surface area contributed by atoms with Crippen LogP contribution in [0.1, 0.15) is 33.3 Å². The summed E-state index contributed by atoms with van der Waals surface area (Å²) >= 11 is 1.95. The number of amides is 1. The van der Waals surface area contributed by atoms with Crippen molar-refractivity contribution in [1.82, 2.24) is 14.7 Å². The Morgan fingerprint density at radius 3 is 2.48 bits per heavy atom. The summed E-state index contributed by atoms with van der Waals surface area (Å²) in [4.78, 5) is 15.1. The van der Waals surface area contributed by atoms with Crippen molar-refractivity contribution in [3.63, 3.8) is 0 Å². The molecule has 0 spiro atoms. The second-order valence-electron chi connectivity index (χ2n) is 6.74. The summed E-state index contributed by atoms with van der Waals surface area (Å²) in [5.74, 6) is 1.04. The number of aromatic nitrogens is 2. The van der Waals surface area contributed by atoms with Crippen molar-refractivity contribution >= 4 is 17.7 Å². The third-order valence-electron chi connectivity index (χ3n) is 5.04. The van der Waals surface area contributed by atoms with Crippen LogP contribution in [0.2, 0.25) is 0 Å². The number of rotatable bonds is 3. The highest BCUT2D eigenvalue weighted by molar-refractivity contribution is 7.99. The van der Waals surface area contributed by atoms with Crippen LogP contribution in [0.4, 0.5) is 0 Å². The molecule has 1 amide bonds. The zero-order valence-corrected chi connectivity index (χ0v) is 16.2. The molecule has 3 aromatic rings. The monoisotopic (exact) mass is 377 g/mol. The fourth-order valence-electron chi connectivity index (χ4n) is 3.53. The van der Waals surface area contributed by atoms with E-state index >= 15 is 0 Å². The van der Waals surface area contributed by atoms with Gasteiger partial charge in [0.2, 0.25) is 0 Å². The molecule has 138 valence electrons. The van der Waals surface area contributed by atoms with Gasteiger partial charge in [0.15, 0.2) is 0 Å². The molecule has 0 N–H and O–H groups in total. The number of carbonyl (C=O) groups is 1. The highest BCUT2D eigenvalue weighted by Gasteiger charge is 2.25. The Balaban J connectivity index is 1.50. The zero-order chi connectivity index (χ0) is 18.6. The van der Waals surface area contributed by atoms with Crippen LogP contribution >= 0.6 is 11.8 Å². The van der Waals surface area contributed by atoms with Gasteiger partial charge in [-0.1, -0.05) is 48.5 Å². The first-order valence-electron chi connectivity index (χ1n) is 9.30. The lowest BCUT2D eigenvalue weighted by Crippen LogP contribution is -2.33. The maximum atomic E-state index is 13.1. The minimum Gasteiger partial charge on any atom is -0.338 e. The van der Waals surface area contributed by atoms with E-state index in [1.807, 2.05) is 64.7 Å². The van der Waals surface area contributed by atoms with Gasteiger partial charge in [-0.15, -0.1) is 0 Å². The molecule has 1 fully saturated rings. The number of nitrogens with zero attached hydrogens (tertiary/aromatic N) is 3. The van der Waals surface area contributed by atoms with Crippen LogP contribution in [0.25, 0.3) is 5.69 Å². The van der Waals surface area contributed by atoms with Gasteiger partial charge < -0.3 is 4.90 Å². The summed E-state index contributed by atoms with van der Waals surface area (Å²) in [6.07, 6.45) is 2.68. The molecule has 0 radical (unpaired) electrons. The quantitative estimate of drug-likeness (QED) is 0.674. The first-order valence-corrected chi connectivity index (χ1v) is 10.3. The summed E-state index contributed by atoms with van der Waals surface area (Å²) in [7, 11) is 0. The van der Waals surface area contributed by atoms with E-state index in [1.54, 1.807) is 6.20 Å². The minimum atomic E-state index is 0.0870. The van der Waals surface area contributed by atoms with E-state index in [2.05, 4.69) is 29.4 Å². The second kappa shape index (κ2) is 8.01. The molecule has 27 heavy (non-hydrogen) atoms. The number of hydrogen-bond acceptors (Lipinski definition) is 3. The maximum Gasteiger partial charge on any atom is 0.257 e. The number of hydrogen-bond donors (Lipinski definition) is 0. The van der Waals surface area contributed by atoms with Gasteiger partial charge in [0.25, 0.3) is 5.91 Å². The van der Waals surface area contributed by atoms with Gasteiger partial charge in [0.1, 0.15) is 0 Å². The van der Waals surface area contributed by atoms with Crippen LogP contribution < -0.4 is 0 Å². The van der Waals surface area contributed by atoms with Crippen LogP contribution in [0.15, 0.2) is 66.9 Å². The second-order valence-corrected chi connectivity index (χ2v) is 8.05. The molecule has 1 aromatic heterocycles. The van der Waals surface area contributed by atoms with E-state index < -0.39 is 0 Å². The Bertz CT molecular complexity index is 908. The third kappa shape index (κ3) is 3.78.